The molecule has 0 spiro atoms. The van der Waals surface area contributed by atoms with E-state index in [9.17, 15) is 23.1 Å². The van der Waals surface area contributed by atoms with Crippen LogP contribution in [-0.2, 0) is 19.6 Å². The van der Waals surface area contributed by atoms with Crippen LogP contribution in [0, 0.1) is 35.5 Å². The lowest BCUT2D eigenvalue weighted by Crippen LogP contribution is -2.55. The highest BCUT2D eigenvalue weighted by Crippen LogP contribution is 2.35. The SMILES string of the molecule is CC#CC1CC(C(=O)NC(CC2CCCCC2)C(O)CN(CCCC)NS(=O)(=O)C2CCCCC2)CC(C(=O)N(CCC)CCC)C1. The number of carbonyl (C=O) groups excluding carboxylic acids is 2. The third kappa shape index (κ3) is 12.9. The van der Waals surface area contributed by atoms with E-state index in [1.165, 1.54) is 6.42 Å². The van der Waals surface area contributed by atoms with Gasteiger partial charge in [0.15, 0.2) is 0 Å². The Kier molecular flexibility index (Phi) is 17.6. The van der Waals surface area contributed by atoms with Gasteiger partial charge in [-0.3, -0.25) is 9.59 Å². The molecule has 270 valence electrons. The topological polar surface area (TPSA) is 119 Å². The van der Waals surface area contributed by atoms with E-state index in [4.69, 9.17) is 0 Å². The van der Waals surface area contributed by atoms with Crippen LogP contribution < -0.4 is 10.1 Å². The maximum atomic E-state index is 14.1. The van der Waals surface area contributed by atoms with Gasteiger partial charge in [-0.05, 0) is 70.6 Å². The first kappa shape index (κ1) is 39.8. The molecule has 3 aliphatic rings. The van der Waals surface area contributed by atoms with E-state index < -0.39 is 27.4 Å². The summed E-state index contributed by atoms with van der Waals surface area (Å²) in [6.45, 7) is 10.1. The highest BCUT2D eigenvalue weighted by molar-refractivity contribution is 7.90. The van der Waals surface area contributed by atoms with Gasteiger partial charge in [-0.2, -0.15) is 0 Å². The quantitative estimate of drug-likeness (QED) is 0.125. The van der Waals surface area contributed by atoms with E-state index in [-0.39, 0.29) is 36.1 Å². The Hall–Kier alpha value is -1.67. The zero-order valence-electron chi connectivity index (χ0n) is 30.0. The molecule has 0 saturated heterocycles. The smallest absolute Gasteiger partial charge is 0.227 e. The molecule has 3 rings (SSSR count). The number of rotatable bonds is 18. The van der Waals surface area contributed by atoms with Crippen molar-refractivity contribution in [3.63, 3.8) is 0 Å². The van der Waals surface area contributed by atoms with E-state index in [0.717, 1.165) is 83.7 Å². The highest BCUT2D eigenvalue weighted by Gasteiger charge is 2.39. The Morgan fingerprint density at radius 2 is 1.47 bits per heavy atom. The third-order valence-corrected chi connectivity index (χ3v) is 12.5. The predicted octanol–water partition coefficient (Wildman–Crippen LogP) is 5.78. The molecular formula is C37H66N4O5S. The summed E-state index contributed by atoms with van der Waals surface area (Å²) in [7, 11) is -3.56. The van der Waals surface area contributed by atoms with Crippen LogP contribution in [0.15, 0.2) is 0 Å². The second-order valence-corrected chi connectivity index (χ2v) is 16.6. The fourth-order valence-electron chi connectivity index (χ4n) is 8.09. The van der Waals surface area contributed by atoms with Crippen molar-refractivity contribution in [1.82, 2.24) is 20.1 Å². The van der Waals surface area contributed by atoms with Crippen molar-refractivity contribution >= 4 is 21.8 Å². The van der Waals surface area contributed by atoms with Gasteiger partial charge < -0.3 is 15.3 Å². The Labute approximate surface area is 286 Å². The van der Waals surface area contributed by atoms with Gasteiger partial charge in [-0.1, -0.05) is 78.6 Å². The summed E-state index contributed by atoms with van der Waals surface area (Å²) in [4.78, 5) is 32.5. The standard InChI is InChI=1S/C37H66N4O5S/c1-5-9-23-41(39-47(45,46)33-19-14-11-15-20-33)28-35(42)34(26-29-17-12-10-13-18-29)38-36(43)31-24-30(16-6-2)25-32(27-31)37(44)40(21-7-3)22-8-4/h29-35,39,42H,5,7-15,17-28H2,1-4H3,(H,38,43). The van der Waals surface area contributed by atoms with Gasteiger partial charge in [0.2, 0.25) is 21.8 Å². The molecule has 10 heteroatoms. The zero-order valence-corrected chi connectivity index (χ0v) is 30.8. The van der Waals surface area contributed by atoms with Crippen LogP contribution >= 0.6 is 0 Å². The lowest BCUT2D eigenvalue weighted by molar-refractivity contribution is -0.139. The molecular weight excluding hydrogens is 612 g/mol. The molecule has 0 heterocycles. The monoisotopic (exact) mass is 678 g/mol. The Balaban J connectivity index is 1.78. The lowest BCUT2D eigenvalue weighted by Gasteiger charge is -2.37. The molecule has 0 bridgehead atoms. The van der Waals surface area contributed by atoms with Crippen molar-refractivity contribution in [3.05, 3.63) is 0 Å². The zero-order chi connectivity index (χ0) is 34.2. The van der Waals surface area contributed by atoms with Gasteiger partial charge in [-0.25, -0.2) is 13.4 Å². The van der Waals surface area contributed by atoms with E-state index >= 15 is 0 Å². The summed E-state index contributed by atoms with van der Waals surface area (Å²) in [6.07, 6.45) is 14.9. The average molecular weight is 679 g/mol. The number of unbranched alkanes of at least 4 members (excludes halogenated alkanes) is 1. The van der Waals surface area contributed by atoms with Crippen molar-refractivity contribution in [1.29, 1.82) is 0 Å². The molecule has 9 nitrogen and oxygen atoms in total. The summed E-state index contributed by atoms with van der Waals surface area (Å²) < 4.78 is 26.7. The summed E-state index contributed by atoms with van der Waals surface area (Å²) in [6, 6.07) is -0.502. The third-order valence-electron chi connectivity index (χ3n) is 10.6. The number of nitrogens with zero attached hydrogens (tertiary/aromatic N) is 2. The van der Waals surface area contributed by atoms with Crippen LogP contribution in [0.4, 0.5) is 0 Å². The van der Waals surface area contributed by atoms with Crippen LogP contribution in [0.25, 0.3) is 0 Å². The van der Waals surface area contributed by atoms with Crippen molar-refractivity contribution in [2.45, 2.75) is 161 Å². The van der Waals surface area contributed by atoms with Crippen LogP contribution in [-0.4, -0.2) is 78.8 Å². The van der Waals surface area contributed by atoms with E-state index in [0.29, 0.717) is 51.0 Å². The highest BCUT2D eigenvalue weighted by atomic mass is 32.2. The van der Waals surface area contributed by atoms with Crippen molar-refractivity contribution in [3.8, 4) is 11.8 Å². The van der Waals surface area contributed by atoms with Crippen LogP contribution in [0.3, 0.4) is 0 Å². The largest absolute Gasteiger partial charge is 0.390 e. The number of amides is 2. The number of carbonyl (C=O) groups is 2. The summed E-state index contributed by atoms with van der Waals surface area (Å²) in [5, 5.41) is 16.3. The molecule has 2 amide bonds. The Morgan fingerprint density at radius 1 is 0.851 bits per heavy atom. The number of hydrogen-bond donors (Lipinski definition) is 3. The molecule has 47 heavy (non-hydrogen) atoms. The number of hydrogen-bond acceptors (Lipinski definition) is 6. The number of aliphatic hydroxyl groups excluding tert-OH is 1. The van der Waals surface area contributed by atoms with Crippen molar-refractivity contribution < 1.29 is 23.1 Å². The van der Waals surface area contributed by atoms with Crippen molar-refractivity contribution in [2.24, 2.45) is 23.7 Å². The molecule has 3 fully saturated rings. The van der Waals surface area contributed by atoms with Gasteiger partial charge in [0.1, 0.15) is 0 Å². The number of hydrazine groups is 1. The molecule has 0 aromatic rings. The molecule has 0 aromatic carbocycles. The minimum absolute atomic E-state index is 0.0241. The molecule has 3 saturated carbocycles. The first-order valence-corrected chi connectivity index (χ1v) is 20.6. The first-order valence-electron chi connectivity index (χ1n) is 19.1. The maximum Gasteiger partial charge on any atom is 0.227 e. The Morgan fingerprint density at radius 3 is 2.06 bits per heavy atom. The summed E-state index contributed by atoms with van der Waals surface area (Å²) in [5.41, 5.74) is 0. The second kappa shape index (κ2) is 20.8. The average Bonchev–Trinajstić information content (AvgIpc) is 3.07. The number of nitrogens with one attached hydrogen (secondary N) is 2. The second-order valence-electron chi connectivity index (χ2n) is 14.6. The molecule has 0 aliphatic heterocycles. The van der Waals surface area contributed by atoms with Crippen molar-refractivity contribution in [2.75, 3.05) is 26.2 Å². The molecule has 0 radical (unpaired) electrons. The lowest BCUT2D eigenvalue weighted by atomic mass is 9.74. The first-order chi connectivity index (χ1) is 22.6. The van der Waals surface area contributed by atoms with E-state index in [1.54, 1.807) is 5.01 Å². The minimum atomic E-state index is -3.56. The molecule has 3 N–H and O–H groups in total. The fourth-order valence-corrected chi connectivity index (χ4v) is 9.72. The minimum Gasteiger partial charge on any atom is -0.390 e. The summed E-state index contributed by atoms with van der Waals surface area (Å²) in [5.74, 6) is 6.07. The van der Waals surface area contributed by atoms with Gasteiger partial charge in [0.25, 0.3) is 0 Å². The molecule has 5 atom stereocenters. The van der Waals surface area contributed by atoms with Crippen LogP contribution in [0.2, 0.25) is 0 Å². The van der Waals surface area contributed by atoms with Gasteiger partial charge in [0.05, 0.1) is 17.4 Å². The summed E-state index contributed by atoms with van der Waals surface area (Å²) >= 11 is 0. The van der Waals surface area contributed by atoms with E-state index in [1.807, 2.05) is 11.8 Å². The van der Waals surface area contributed by atoms with Gasteiger partial charge >= 0.3 is 0 Å². The van der Waals surface area contributed by atoms with Crippen LogP contribution in [0.5, 0.6) is 0 Å². The maximum absolute atomic E-state index is 14.1. The molecule has 0 aromatic heterocycles. The van der Waals surface area contributed by atoms with Gasteiger partial charge in [0, 0.05) is 43.9 Å². The normalized spacial score (nSPS) is 24.3. The predicted molar refractivity (Wildman–Crippen MR) is 189 cm³/mol. The van der Waals surface area contributed by atoms with Crippen LogP contribution in [0.1, 0.15) is 143 Å². The number of aliphatic hydroxyl groups is 1. The fraction of sp³-hybridized carbons (Fsp3) is 0.892. The Bertz CT molecular complexity index is 1100. The molecule has 3 aliphatic carbocycles. The van der Waals surface area contributed by atoms with Gasteiger partial charge in [-0.15, -0.1) is 16.7 Å². The number of sulfonamides is 1. The van der Waals surface area contributed by atoms with E-state index in [2.05, 4.69) is 42.8 Å². The molecule has 5 unspecified atom stereocenters.